The number of fused-ring (bicyclic) bond motifs is 1. The van der Waals surface area contributed by atoms with Crippen molar-refractivity contribution in [2.45, 2.75) is 26.7 Å². The topological polar surface area (TPSA) is 51.2 Å². The molecule has 0 spiro atoms. The van der Waals surface area contributed by atoms with E-state index in [2.05, 4.69) is 17.2 Å². The van der Waals surface area contributed by atoms with E-state index in [9.17, 15) is 4.79 Å². The smallest absolute Gasteiger partial charge is 0.259 e. The van der Waals surface area contributed by atoms with Crippen molar-refractivity contribution in [2.75, 3.05) is 11.9 Å². The van der Waals surface area contributed by atoms with Gasteiger partial charge < -0.3 is 10.1 Å². The van der Waals surface area contributed by atoms with Gasteiger partial charge in [0.2, 0.25) is 0 Å². The van der Waals surface area contributed by atoms with Gasteiger partial charge in [0.15, 0.2) is 0 Å². The fourth-order valence-electron chi connectivity index (χ4n) is 2.72. The molecule has 0 saturated heterocycles. The van der Waals surface area contributed by atoms with Crippen molar-refractivity contribution in [3.8, 4) is 5.75 Å². The quantitative estimate of drug-likeness (QED) is 0.647. The summed E-state index contributed by atoms with van der Waals surface area (Å²) in [5.74, 6) is 0.434. The van der Waals surface area contributed by atoms with Crippen LogP contribution in [0, 0.1) is 6.92 Å². The monoisotopic (exact) mass is 334 g/mol. The molecule has 0 unspecified atom stereocenters. The molecule has 0 radical (unpaired) electrons. The van der Waals surface area contributed by atoms with E-state index in [1.165, 1.54) is 0 Å². The van der Waals surface area contributed by atoms with Crippen LogP contribution in [0.2, 0.25) is 0 Å². The molecule has 0 aliphatic heterocycles. The lowest BCUT2D eigenvalue weighted by molar-refractivity contribution is 0.102. The third kappa shape index (κ3) is 3.79. The maximum atomic E-state index is 12.8. The molecule has 0 fully saturated rings. The van der Waals surface area contributed by atoms with Crippen molar-refractivity contribution < 1.29 is 9.53 Å². The first-order valence-corrected chi connectivity index (χ1v) is 8.58. The third-order valence-electron chi connectivity index (χ3n) is 4.11. The molecule has 4 nitrogen and oxygen atoms in total. The van der Waals surface area contributed by atoms with Crippen molar-refractivity contribution in [3.63, 3.8) is 0 Å². The number of benzene rings is 2. The summed E-state index contributed by atoms with van der Waals surface area (Å²) in [7, 11) is 0. The number of carbonyl (C=O) groups excluding carboxylic acids is 1. The van der Waals surface area contributed by atoms with Gasteiger partial charge in [-0.15, -0.1) is 0 Å². The molecule has 1 aromatic heterocycles. The first-order chi connectivity index (χ1) is 12.2. The maximum absolute atomic E-state index is 12.8. The zero-order valence-electron chi connectivity index (χ0n) is 14.6. The molecular formula is C21H22N2O2. The first kappa shape index (κ1) is 17.0. The Hall–Kier alpha value is -2.88. The summed E-state index contributed by atoms with van der Waals surface area (Å²) in [5, 5.41) is 3.93. The average molecular weight is 334 g/mol. The van der Waals surface area contributed by atoms with Crippen LogP contribution in [0.3, 0.4) is 0 Å². The van der Waals surface area contributed by atoms with E-state index >= 15 is 0 Å². The molecule has 0 atom stereocenters. The van der Waals surface area contributed by atoms with Crippen molar-refractivity contribution >= 4 is 22.5 Å². The minimum Gasteiger partial charge on any atom is -0.493 e. The van der Waals surface area contributed by atoms with Gasteiger partial charge in [-0.25, -0.2) is 0 Å². The van der Waals surface area contributed by atoms with E-state index in [1.54, 1.807) is 12.3 Å². The number of para-hydroxylation sites is 1. The molecule has 3 rings (SSSR count). The van der Waals surface area contributed by atoms with E-state index in [0.29, 0.717) is 17.9 Å². The van der Waals surface area contributed by atoms with Crippen LogP contribution in [0.5, 0.6) is 5.75 Å². The van der Waals surface area contributed by atoms with Crippen molar-refractivity contribution in [1.29, 1.82) is 0 Å². The highest BCUT2D eigenvalue weighted by atomic mass is 16.5. The largest absolute Gasteiger partial charge is 0.493 e. The van der Waals surface area contributed by atoms with Crippen LogP contribution in [0.1, 0.15) is 35.7 Å². The molecule has 1 heterocycles. The summed E-state index contributed by atoms with van der Waals surface area (Å²) in [5.41, 5.74) is 3.27. The van der Waals surface area contributed by atoms with Crippen molar-refractivity contribution in [1.82, 2.24) is 4.98 Å². The van der Waals surface area contributed by atoms with Gasteiger partial charge in [-0.05, 0) is 49.2 Å². The molecule has 0 aliphatic carbocycles. The van der Waals surface area contributed by atoms with E-state index < -0.39 is 0 Å². The molecule has 1 amide bonds. The van der Waals surface area contributed by atoms with Gasteiger partial charge in [-0.1, -0.05) is 31.5 Å². The number of nitrogens with one attached hydrogen (secondary N) is 1. The van der Waals surface area contributed by atoms with Gasteiger partial charge >= 0.3 is 0 Å². The van der Waals surface area contributed by atoms with E-state index in [-0.39, 0.29) is 5.91 Å². The summed E-state index contributed by atoms with van der Waals surface area (Å²) in [6, 6.07) is 15.1. The Balaban J connectivity index is 1.87. The van der Waals surface area contributed by atoms with Crippen LogP contribution in [-0.4, -0.2) is 17.5 Å². The second-order valence-electron chi connectivity index (χ2n) is 5.98. The van der Waals surface area contributed by atoms with E-state index in [1.807, 2.05) is 49.4 Å². The number of hydrogen-bond acceptors (Lipinski definition) is 3. The Morgan fingerprint density at radius 2 is 1.96 bits per heavy atom. The van der Waals surface area contributed by atoms with Crippen LogP contribution in [0.15, 0.2) is 54.7 Å². The van der Waals surface area contributed by atoms with Crippen molar-refractivity contribution in [3.05, 3.63) is 65.9 Å². The molecule has 128 valence electrons. The predicted octanol–water partition coefficient (Wildman–Crippen LogP) is 4.97. The highest BCUT2D eigenvalue weighted by Gasteiger charge is 2.14. The number of anilines is 1. The number of hydrogen-bond donors (Lipinski definition) is 1. The second kappa shape index (κ2) is 7.79. The Morgan fingerprint density at radius 1 is 1.12 bits per heavy atom. The lowest BCUT2D eigenvalue weighted by Crippen LogP contribution is -2.14. The number of amides is 1. The number of pyridine rings is 1. The maximum Gasteiger partial charge on any atom is 0.259 e. The van der Waals surface area contributed by atoms with Crippen LogP contribution in [0.25, 0.3) is 10.9 Å². The molecular weight excluding hydrogens is 312 g/mol. The SMILES string of the molecule is CCCCOc1ccccc1C(=O)Nc1ccc(C)c2ncccc12. The fourth-order valence-corrected chi connectivity index (χ4v) is 2.72. The standard InChI is InChI=1S/C21H22N2O2/c1-3-4-14-25-19-10-6-5-8-17(19)21(24)23-18-12-11-15(2)20-16(18)9-7-13-22-20/h5-13H,3-4,14H2,1-2H3,(H,23,24). The minimum absolute atomic E-state index is 0.180. The summed E-state index contributed by atoms with van der Waals surface area (Å²) in [6.45, 7) is 4.73. The Bertz CT molecular complexity index is 890. The number of unbranched alkanes of at least 4 members (excludes halogenated alkanes) is 1. The lowest BCUT2D eigenvalue weighted by Gasteiger charge is -2.13. The number of rotatable bonds is 6. The molecule has 1 N–H and O–H groups in total. The Kier molecular flexibility index (Phi) is 5.29. The van der Waals surface area contributed by atoms with Crippen LogP contribution >= 0.6 is 0 Å². The molecule has 0 aliphatic rings. The zero-order valence-corrected chi connectivity index (χ0v) is 14.6. The van der Waals surface area contributed by atoms with Gasteiger partial charge in [0.05, 0.1) is 23.4 Å². The highest BCUT2D eigenvalue weighted by Crippen LogP contribution is 2.26. The van der Waals surface area contributed by atoms with Crippen LogP contribution < -0.4 is 10.1 Å². The first-order valence-electron chi connectivity index (χ1n) is 8.58. The van der Waals surface area contributed by atoms with E-state index in [4.69, 9.17) is 4.74 Å². The van der Waals surface area contributed by atoms with Gasteiger partial charge in [-0.3, -0.25) is 9.78 Å². The molecule has 25 heavy (non-hydrogen) atoms. The normalized spacial score (nSPS) is 10.6. The number of ether oxygens (including phenoxy) is 1. The fraction of sp³-hybridized carbons (Fsp3) is 0.238. The highest BCUT2D eigenvalue weighted by molar-refractivity contribution is 6.10. The molecule has 4 heteroatoms. The number of carbonyl (C=O) groups is 1. The molecule has 0 saturated carbocycles. The van der Waals surface area contributed by atoms with E-state index in [0.717, 1.165) is 35.0 Å². The summed E-state index contributed by atoms with van der Waals surface area (Å²) < 4.78 is 5.77. The average Bonchev–Trinajstić information content (AvgIpc) is 2.65. The number of aryl methyl sites for hydroxylation is 1. The minimum atomic E-state index is -0.180. The Morgan fingerprint density at radius 3 is 2.80 bits per heavy atom. The third-order valence-corrected chi connectivity index (χ3v) is 4.11. The van der Waals surface area contributed by atoms with Gasteiger partial charge in [0.25, 0.3) is 5.91 Å². The predicted molar refractivity (Wildman–Crippen MR) is 101 cm³/mol. The number of aromatic nitrogens is 1. The van der Waals surface area contributed by atoms with Crippen LogP contribution in [0.4, 0.5) is 5.69 Å². The zero-order chi connectivity index (χ0) is 17.6. The van der Waals surface area contributed by atoms with Gasteiger partial charge in [0.1, 0.15) is 5.75 Å². The summed E-state index contributed by atoms with van der Waals surface area (Å²) in [4.78, 5) is 17.2. The second-order valence-corrected chi connectivity index (χ2v) is 5.98. The lowest BCUT2D eigenvalue weighted by atomic mass is 10.1. The number of nitrogens with zero attached hydrogens (tertiary/aromatic N) is 1. The van der Waals surface area contributed by atoms with Crippen LogP contribution in [-0.2, 0) is 0 Å². The molecule has 2 aromatic carbocycles. The summed E-state index contributed by atoms with van der Waals surface area (Å²) >= 11 is 0. The van der Waals surface area contributed by atoms with Crippen molar-refractivity contribution in [2.24, 2.45) is 0 Å². The molecule has 3 aromatic rings. The summed E-state index contributed by atoms with van der Waals surface area (Å²) in [6.07, 6.45) is 3.78. The Labute approximate surface area is 147 Å². The van der Waals surface area contributed by atoms with Gasteiger partial charge in [-0.2, -0.15) is 0 Å². The van der Waals surface area contributed by atoms with Gasteiger partial charge in [0, 0.05) is 11.6 Å². The molecule has 0 bridgehead atoms.